The summed E-state index contributed by atoms with van der Waals surface area (Å²) in [4.78, 5) is 36.0. The molecule has 3 amide bonds. The zero-order valence-corrected chi connectivity index (χ0v) is 15.7. The van der Waals surface area contributed by atoms with Crippen molar-refractivity contribution >= 4 is 17.9 Å². The number of carbonyl (C=O) groups is 3. The molecule has 7 heteroatoms. The molecule has 0 heterocycles. The van der Waals surface area contributed by atoms with Gasteiger partial charge in [-0.15, -0.1) is 0 Å². The maximum Gasteiger partial charge on any atom is 0.408 e. The van der Waals surface area contributed by atoms with Crippen molar-refractivity contribution in [1.29, 1.82) is 0 Å². The summed E-state index contributed by atoms with van der Waals surface area (Å²) in [5, 5.41) is 5.19. The summed E-state index contributed by atoms with van der Waals surface area (Å²) in [5.41, 5.74) is 6.20. The van der Waals surface area contributed by atoms with Crippen molar-refractivity contribution in [3.05, 3.63) is 35.9 Å². The van der Waals surface area contributed by atoms with E-state index in [9.17, 15) is 14.4 Å². The van der Waals surface area contributed by atoms with E-state index in [4.69, 9.17) is 10.5 Å². The van der Waals surface area contributed by atoms with Crippen LogP contribution in [0.2, 0.25) is 0 Å². The molecule has 0 aromatic heterocycles. The van der Waals surface area contributed by atoms with Crippen LogP contribution in [0.25, 0.3) is 0 Å². The van der Waals surface area contributed by atoms with Crippen LogP contribution >= 0.6 is 0 Å². The smallest absolute Gasteiger partial charge is 0.408 e. The Balaban J connectivity index is 2.61. The Kier molecular flexibility index (Phi) is 9.19. The monoisotopic (exact) mass is 363 g/mol. The van der Waals surface area contributed by atoms with Gasteiger partial charge in [0.15, 0.2) is 0 Å². The SMILES string of the molecule is CCCC[C@H](NC(=O)[C@H](NC(=O)OCc1ccccc1)C(C)C)C(N)=O. The van der Waals surface area contributed by atoms with Crippen molar-refractivity contribution in [3.63, 3.8) is 0 Å². The van der Waals surface area contributed by atoms with Gasteiger partial charge in [0.1, 0.15) is 18.7 Å². The van der Waals surface area contributed by atoms with Crippen molar-refractivity contribution in [2.24, 2.45) is 11.7 Å². The molecule has 0 aliphatic heterocycles. The number of rotatable bonds is 10. The van der Waals surface area contributed by atoms with E-state index < -0.39 is 30.0 Å². The Bertz CT molecular complexity index is 590. The van der Waals surface area contributed by atoms with Crippen LogP contribution in [0, 0.1) is 5.92 Å². The van der Waals surface area contributed by atoms with Crippen LogP contribution < -0.4 is 16.4 Å². The van der Waals surface area contributed by atoms with E-state index in [0.717, 1.165) is 18.4 Å². The van der Waals surface area contributed by atoms with E-state index in [1.807, 2.05) is 37.3 Å². The molecule has 2 atom stereocenters. The number of hydrogen-bond acceptors (Lipinski definition) is 4. The molecular formula is C19H29N3O4. The van der Waals surface area contributed by atoms with Gasteiger partial charge in [0.2, 0.25) is 11.8 Å². The van der Waals surface area contributed by atoms with E-state index in [1.54, 1.807) is 13.8 Å². The first kappa shape index (κ1) is 21.5. The van der Waals surface area contributed by atoms with Gasteiger partial charge >= 0.3 is 6.09 Å². The Hall–Kier alpha value is -2.57. The van der Waals surface area contributed by atoms with Crippen LogP contribution in [0.4, 0.5) is 4.79 Å². The minimum atomic E-state index is -0.818. The van der Waals surface area contributed by atoms with Gasteiger partial charge in [0, 0.05) is 0 Å². The third kappa shape index (κ3) is 7.55. The number of amides is 3. The summed E-state index contributed by atoms with van der Waals surface area (Å²) in [6, 6.07) is 7.68. The number of carbonyl (C=O) groups excluding carboxylic acids is 3. The van der Waals surface area contributed by atoms with Gasteiger partial charge in [-0.25, -0.2) is 4.79 Å². The fourth-order valence-electron chi connectivity index (χ4n) is 2.38. The molecule has 1 aromatic carbocycles. The first-order valence-corrected chi connectivity index (χ1v) is 8.92. The third-order valence-corrected chi connectivity index (χ3v) is 3.94. The van der Waals surface area contributed by atoms with Gasteiger partial charge in [0.25, 0.3) is 0 Å². The number of nitrogens with two attached hydrogens (primary N) is 1. The zero-order valence-electron chi connectivity index (χ0n) is 15.7. The molecule has 1 rings (SSSR count). The molecule has 26 heavy (non-hydrogen) atoms. The molecule has 4 N–H and O–H groups in total. The average molecular weight is 363 g/mol. The Morgan fingerprint density at radius 2 is 1.77 bits per heavy atom. The number of benzene rings is 1. The largest absolute Gasteiger partial charge is 0.445 e. The second-order valence-electron chi connectivity index (χ2n) is 6.53. The third-order valence-electron chi connectivity index (χ3n) is 3.94. The fourth-order valence-corrected chi connectivity index (χ4v) is 2.38. The first-order valence-electron chi connectivity index (χ1n) is 8.92. The predicted molar refractivity (Wildman–Crippen MR) is 99.0 cm³/mol. The highest BCUT2D eigenvalue weighted by atomic mass is 16.5. The number of primary amides is 1. The first-order chi connectivity index (χ1) is 12.3. The summed E-state index contributed by atoms with van der Waals surface area (Å²) in [7, 11) is 0. The normalized spacial score (nSPS) is 12.9. The number of nitrogens with one attached hydrogen (secondary N) is 2. The minimum absolute atomic E-state index is 0.111. The van der Waals surface area contributed by atoms with Crippen molar-refractivity contribution in [2.45, 2.75) is 58.7 Å². The molecule has 0 aliphatic carbocycles. The van der Waals surface area contributed by atoms with E-state index in [1.165, 1.54) is 0 Å². The molecule has 1 aromatic rings. The molecule has 0 unspecified atom stereocenters. The molecule has 0 aliphatic rings. The molecular weight excluding hydrogens is 334 g/mol. The predicted octanol–water partition coefficient (Wildman–Crippen LogP) is 2.10. The zero-order chi connectivity index (χ0) is 19.5. The second kappa shape index (κ2) is 11.1. The van der Waals surface area contributed by atoms with Crippen LogP contribution in [-0.2, 0) is 20.9 Å². The maximum atomic E-state index is 12.5. The van der Waals surface area contributed by atoms with E-state index in [2.05, 4.69) is 10.6 Å². The summed E-state index contributed by atoms with van der Waals surface area (Å²) in [6.07, 6.45) is 1.44. The quantitative estimate of drug-likeness (QED) is 0.591. The maximum absolute atomic E-state index is 12.5. The van der Waals surface area contributed by atoms with Crippen molar-refractivity contribution < 1.29 is 19.1 Å². The highest BCUT2D eigenvalue weighted by molar-refractivity contribution is 5.90. The molecule has 0 saturated heterocycles. The van der Waals surface area contributed by atoms with Gasteiger partial charge in [0.05, 0.1) is 0 Å². The van der Waals surface area contributed by atoms with Crippen molar-refractivity contribution in [1.82, 2.24) is 10.6 Å². The van der Waals surface area contributed by atoms with Gasteiger partial charge in [-0.3, -0.25) is 9.59 Å². The summed E-state index contributed by atoms with van der Waals surface area (Å²) >= 11 is 0. The van der Waals surface area contributed by atoms with Crippen molar-refractivity contribution in [2.75, 3.05) is 0 Å². The Labute approximate surface area is 154 Å². The Morgan fingerprint density at radius 3 is 2.31 bits per heavy atom. The number of hydrogen-bond donors (Lipinski definition) is 3. The lowest BCUT2D eigenvalue weighted by atomic mass is 10.0. The molecule has 0 fully saturated rings. The topological polar surface area (TPSA) is 111 Å². The summed E-state index contributed by atoms with van der Waals surface area (Å²) < 4.78 is 5.15. The van der Waals surface area contributed by atoms with Gasteiger partial charge in [-0.05, 0) is 17.9 Å². The summed E-state index contributed by atoms with van der Waals surface area (Å²) in [5.74, 6) is -1.21. The van der Waals surface area contributed by atoms with E-state index >= 15 is 0 Å². The number of ether oxygens (including phenoxy) is 1. The number of unbranched alkanes of at least 4 members (excludes halogenated alkanes) is 1. The van der Waals surface area contributed by atoms with E-state index in [-0.39, 0.29) is 12.5 Å². The van der Waals surface area contributed by atoms with Crippen LogP contribution in [0.15, 0.2) is 30.3 Å². The fraction of sp³-hybridized carbons (Fsp3) is 0.526. The van der Waals surface area contributed by atoms with Crippen LogP contribution in [0.1, 0.15) is 45.6 Å². The van der Waals surface area contributed by atoms with Crippen LogP contribution in [-0.4, -0.2) is 30.0 Å². The lowest BCUT2D eigenvalue weighted by molar-refractivity contribution is -0.129. The van der Waals surface area contributed by atoms with Gasteiger partial charge in [-0.2, -0.15) is 0 Å². The molecule has 144 valence electrons. The molecule has 0 bridgehead atoms. The van der Waals surface area contributed by atoms with Crippen molar-refractivity contribution in [3.8, 4) is 0 Å². The minimum Gasteiger partial charge on any atom is -0.445 e. The number of alkyl carbamates (subject to hydrolysis) is 1. The molecule has 0 saturated carbocycles. The molecule has 7 nitrogen and oxygen atoms in total. The highest BCUT2D eigenvalue weighted by Crippen LogP contribution is 2.07. The summed E-state index contributed by atoms with van der Waals surface area (Å²) in [6.45, 7) is 5.70. The lowest BCUT2D eigenvalue weighted by Crippen LogP contribution is -2.54. The Morgan fingerprint density at radius 1 is 1.12 bits per heavy atom. The van der Waals surface area contributed by atoms with Gasteiger partial charge in [-0.1, -0.05) is 63.9 Å². The highest BCUT2D eigenvalue weighted by Gasteiger charge is 2.28. The van der Waals surface area contributed by atoms with Crippen LogP contribution in [0.5, 0.6) is 0 Å². The van der Waals surface area contributed by atoms with Gasteiger partial charge < -0.3 is 21.1 Å². The molecule has 0 radical (unpaired) electrons. The standard InChI is InChI=1S/C19H29N3O4/c1-4-5-11-15(17(20)23)21-18(24)16(13(2)3)22-19(25)26-12-14-9-7-6-8-10-14/h6-10,13,15-16H,4-5,11-12H2,1-3H3,(H2,20,23)(H,21,24)(H,22,25)/t15-,16+/m0/s1. The lowest BCUT2D eigenvalue weighted by Gasteiger charge is -2.24. The van der Waals surface area contributed by atoms with E-state index in [0.29, 0.717) is 6.42 Å². The molecule has 0 spiro atoms. The average Bonchev–Trinajstić information content (AvgIpc) is 2.61. The van der Waals surface area contributed by atoms with Crippen LogP contribution in [0.3, 0.4) is 0 Å². The second-order valence-corrected chi connectivity index (χ2v) is 6.53.